The highest BCUT2D eigenvalue weighted by molar-refractivity contribution is 4.82. The van der Waals surface area contributed by atoms with Crippen LogP contribution in [-0.2, 0) is 0 Å². The van der Waals surface area contributed by atoms with Crippen LogP contribution in [0.2, 0.25) is 0 Å². The Morgan fingerprint density at radius 2 is 1.33 bits per heavy atom. The van der Waals surface area contributed by atoms with E-state index in [1.165, 1.54) is 6.42 Å². The minimum atomic E-state index is 0.292. The summed E-state index contributed by atoms with van der Waals surface area (Å²) in [4.78, 5) is 0. The Balaban J connectivity index is 0.000000291. The number of hydrogen-bond acceptors (Lipinski definition) is 2. The summed E-state index contributed by atoms with van der Waals surface area (Å²) in [6, 6.07) is 0.583. The van der Waals surface area contributed by atoms with Gasteiger partial charge in [-0.25, -0.2) is 0 Å². The lowest BCUT2D eigenvalue weighted by Crippen LogP contribution is -2.35. The molecule has 2 atom stereocenters. The lowest BCUT2D eigenvalue weighted by molar-refractivity contribution is 0.603. The topological polar surface area (TPSA) is 52.0 Å². The van der Waals surface area contributed by atoms with Crippen LogP contribution in [0.25, 0.3) is 0 Å². The van der Waals surface area contributed by atoms with Crippen molar-refractivity contribution in [2.75, 3.05) is 0 Å². The molecule has 4 N–H and O–H groups in total. The molecular weight excluding hydrogens is 112 g/mol. The van der Waals surface area contributed by atoms with Crippen molar-refractivity contribution in [2.45, 2.75) is 45.2 Å². The summed E-state index contributed by atoms with van der Waals surface area (Å²) >= 11 is 0. The molecule has 2 unspecified atom stereocenters. The van der Waals surface area contributed by atoms with E-state index >= 15 is 0 Å². The second-order valence-corrected chi connectivity index (χ2v) is 2.26. The molecule has 0 heterocycles. The van der Waals surface area contributed by atoms with E-state index in [4.69, 9.17) is 11.5 Å². The zero-order valence-electron chi connectivity index (χ0n) is 6.43. The van der Waals surface area contributed by atoms with Crippen LogP contribution in [0.3, 0.4) is 0 Å². The van der Waals surface area contributed by atoms with E-state index in [-0.39, 0.29) is 0 Å². The van der Waals surface area contributed by atoms with Gasteiger partial charge >= 0.3 is 0 Å². The van der Waals surface area contributed by atoms with Gasteiger partial charge in [-0.3, -0.25) is 0 Å². The molecule has 9 heavy (non-hydrogen) atoms. The predicted octanol–water partition coefficient (Wildman–Crippen LogP) is 0.851. The minimum Gasteiger partial charge on any atom is -0.326 e. The van der Waals surface area contributed by atoms with E-state index in [2.05, 4.69) is 0 Å². The van der Waals surface area contributed by atoms with Crippen molar-refractivity contribution in [2.24, 2.45) is 11.5 Å². The smallest absolute Gasteiger partial charge is 0.0192 e. The lowest BCUT2D eigenvalue weighted by atomic mass is 10.2. The van der Waals surface area contributed by atoms with Crippen LogP contribution in [0.4, 0.5) is 0 Å². The summed E-state index contributed by atoms with van der Waals surface area (Å²) in [5, 5.41) is 0. The Kier molecular flexibility index (Phi) is 4.72. The minimum absolute atomic E-state index is 0.292. The van der Waals surface area contributed by atoms with Crippen LogP contribution in [0.1, 0.15) is 33.1 Å². The van der Waals surface area contributed by atoms with E-state index < -0.39 is 0 Å². The highest BCUT2D eigenvalue weighted by atomic mass is 14.8. The van der Waals surface area contributed by atoms with Crippen molar-refractivity contribution in [3.05, 3.63) is 0 Å². The van der Waals surface area contributed by atoms with E-state index in [0.717, 1.165) is 12.8 Å². The maximum absolute atomic E-state index is 5.55. The van der Waals surface area contributed by atoms with Gasteiger partial charge in [-0.15, -0.1) is 0 Å². The molecular formula is C7H18N2. The quantitative estimate of drug-likeness (QED) is 0.511. The molecule has 1 saturated carbocycles. The largest absolute Gasteiger partial charge is 0.326 e. The summed E-state index contributed by atoms with van der Waals surface area (Å²) in [5.41, 5.74) is 11.1. The van der Waals surface area contributed by atoms with Gasteiger partial charge in [0.1, 0.15) is 0 Å². The molecule has 1 fully saturated rings. The first-order chi connectivity index (χ1) is 4.30. The third-order valence-electron chi connectivity index (χ3n) is 1.62. The Labute approximate surface area is 57.6 Å². The standard InChI is InChI=1S/C5H12N2.C2H6/c6-4-2-1-3-5(4)7;1-2/h4-5H,1-3,6-7H2;1-2H3. The zero-order valence-corrected chi connectivity index (χ0v) is 6.43. The van der Waals surface area contributed by atoms with Gasteiger partial charge in [0, 0.05) is 12.1 Å². The van der Waals surface area contributed by atoms with Gasteiger partial charge in [-0.1, -0.05) is 20.3 Å². The molecule has 0 aromatic heterocycles. The Hall–Kier alpha value is -0.0800. The summed E-state index contributed by atoms with van der Waals surface area (Å²) in [7, 11) is 0. The molecule has 1 aliphatic carbocycles. The van der Waals surface area contributed by atoms with Gasteiger partial charge in [-0.2, -0.15) is 0 Å². The highest BCUT2D eigenvalue weighted by Crippen LogP contribution is 2.13. The lowest BCUT2D eigenvalue weighted by Gasteiger charge is -2.05. The second kappa shape index (κ2) is 4.77. The molecule has 2 nitrogen and oxygen atoms in total. The summed E-state index contributed by atoms with van der Waals surface area (Å²) in [6.45, 7) is 4.00. The fraction of sp³-hybridized carbons (Fsp3) is 1.00. The molecule has 56 valence electrons. The van der Waals surface area contributed by atoms with E-state index in [1.807, 2.05) is 13.8 Å². The predicted molar refractivity (Wildman–Crippen MR) is 41.1 cm³/mol. The van der Waals surface area contributed by atoms with Crippen molar-refractivity contribution in [3.8, 4) is 0 Å². The third kappa shape index (κ3) is 2.82. The van der Waals surface area contributed by atoms with Crippen LogP contribution in [-0.4, -0.2) is 12.1 Å². The van der Waals surface area contributed by atoms with E-state index in [1.54, 1.807) is 0 Å². The summed E-state index contributed by atoms with van der Waals surface area (Å²) in [6.07, 6.45) is 3.48. The van der Waals surface area contributed by atoms with Gasteiger partial charge < -0.3 is 11.5 Å². The van der Waals surface area contributed by atoms with Crippen molar-refractivity contribution >= 4 is 0 Å². The van der Waals surface area contributed by atoms with E-state index in [0.29, 0.717) is 12.1 Å². The number of rotatable bonds is 0. The van der Waals surface area contributed by atoms with Gasteiger partial charge in [0.15, 0.2) is 0 Å². The summed E-state index contributed by atoms with van der Waals surface area (Å²) < 4.78 is 0. The summed E-state index contributed by atoms with van der Waals surface area (Å²) in [5.74, 6) is 0. The Bertz CT molecular complexity index is 55.9. The molecule has 0 amide bonds. The van der Waals surface area contributed by atoms with Crippen LogP contribution in [0.15, 0.2) is 0 Å². The molecule has 0 aromatic carbocycles. The fourth-order valence-corrected chi connectivity index (χ4v) is 1.02. The fourth-order valence-electron chi connectivity index (χ4n) is 1.02. The maximum atomic E-state index is 5.55. The van der Waals surface area contributed by atoms with Crippen LogP contribution < -0.4 is 11.5 Å². The molecule has 1 aliphatic rings. The third-order valence-corrected chi connectivity index (χ3v) is 1.62. The molecule has 2 heteroatoms. The van der Waals surface area contributed by atoms with Gasteiger partial charge in [0.05, 0.1) is 0 Å². The van der Waals surface area contributed by atoms with Gasteiger partial charge in [0.2, 0.25) is 0 Å². The van der Waals surface area contributed by atoms with Crippen molar-refractivity contribution in [1.29, 1.82) is 0 Å². The van der Waals surface area contributed by atoms with Crippen LogP contribution >= 0.6 is 0 Å². The van der Waals surface area contributed by atoms with Crippen molar-refractivity contribution < 1.29 is 0 Å². The van der Waals surface area contributed by atoms with Gasteiger partial charge in [-0.05, 0) is 12.8 Å². The Morgan fingerprint density at radius 1 is 1.00 bits per heavy atom. The first kappa shape index (κ1) is 8.92. The van der Waals surface area contributed by atoms with Crippen LogP contribution in [0.5, 0.6) is 0 Å². The molecule has 0 bridgehead atoms. The molecule has 0 saturated heterocycles. The van der Waals surface area contributed by atoms with Crippen LogP contribution in [0, 0.1) is 0 Å². The molecule has 0 radical (unpaired) electrons. The van der Waals surface area contributed by atoms with Gasteiger partial charge in [0.25, 0.3) is 0 Å². The molecule has 0 spiro atoms. The average Bonchev–Trinajstić information content (AvgIpc) is 2.23. The first-order valence-electron chi connectivity index (χ1n) is 3.82. The van der Waals surface area contributed by atoms with Crippen molar-refractivity contribution in [1.82, 2.24) is 0 Å². The SMILES string of the molecule is CC.NC1CCCC1N. The normalized spacial score (nSPS) is 33.3. The molecule has 0 aliphatic heterocycles. The number of nitrogens with two attached hydrogens (primary N) is 2. The highest BCUT2D eigenvalue weighted by Gasteiger charge is 2.18. The Morgan fingerprint density at radius 3 is 1.44 bits per heavy atom. The molecule has 1 rings (SSSR count). The van der Waals surface area contributed by atoms with E-state index in [9.17, 15) is 0 Å². The second-order valence-electron chi connectivity index (χ2n) is 2.26. The molecule has 0 aromatic rings. The maximum Gasteiger partial charge on any atom is 0.0192 e. The monoisotopic (exact) mass is 130 g/mol. The zero-order chi connectivity index (χ0) is 7.28. The first-order valence-corrected chi connectivity index (χ1v) is 3.82. The average molecular weight is 130 g/mol. The number of hydrogen-bond donors (Lipinski definition) is 2. The van der Waals surface area contributed by atoms with Crippen molar-refractivity contribution in [3.63, 3.8) is 0 Å².